The number of ketones is 1. The summed E-state index contributed by atoms with van der Waals surface area (Å²) < 4.78 is 5.80. The summed E-state index contributed by atoms with van der Waals surface area (Å²) in [5.74, 6) is 0.568. The van der Waals surface area contributed by atoms with Gasteiger partial charge in [0.1, 0.15) is 5.78 Å². The van der Waals surface area contributed by atoms with Crippen molar-refractivity contribution in [1.29, 1.82) is 0 Å². The van der Waals surface area contributed by atoms with Crippen LogP contribution in [0, 0.1) is 5.92 Å². The van der Waals surface area contributed by atoms with Crippen molar-refractivity contribution in [3.63, 3.8) is 0 Å². The van der Waals surface area contributed by atoms with Crippen LogP contribution in [0.1, 0.15) is 42.1 Å². The molecule has 3 heterocycles. The highest BCUT2D eigenvalue weighted by Gasteiger charge is 2.38. The van der Waals surface area contributed by atoms with Gasteiger partial charge in [0.25, 0.3) is 0 Å². The number of nitrogens with zero attached hydrogens (tertiary/aromatic N) is 1. The summed E-state index contributed by atoms with van der Waals surface area (Å²) in [6.07, 6.45) is 3.57. The number of carbonyl (C=O) groups excluding carboxylic acids is 1. The van der Waals surface area contributed by atoms with E-state index in [-0.39, 0.29) is 12.0 Å². The van der Waals surface area contributed by atoms with Gasteiger partial charge in [0.15, 0.2) is 0 Å². The first-order valence-electron chi connectivity index (χ1n) is 10.8. The fourth-order valence-corrected chi connectivity index (χ4v) is 5.01. The zero-order valence-electron chi connectivity index (χ0n) is 16.8. The molecule has 0 aliphatic carbocycles. The Hall–Kier alpha value is -2.43. The summed E-state index contributed by atoms with van der Waals surface area (Å²) in [5, 5.41) is 1.33. The number of aromatic amines is 1. The molecule has 29 heavy (non-hydrogen) atoms. The molecule has 0 bridgehead atoms. The van der Waals surface area contributed by atoms with E-state index in [0.717, 1.165) is 32.4 Å². The Labute approximate surface area is 171 Å². The molecule has 0 spiro atoms. The second-order valence-corrected chi connectivity index (χ2v) is 8.37. The molecule has 1 N–H and O–H groups in total. The lowest BCUT2D eigenvalue weighted by atomic mass is 9.83. The minimum absolute atomic E-state index is 0.150. The van der Waals surface area contributed by atoms with Crippen LogP contribution in [-0.2, 0) is 22.6 Å². The lowest BCUT2D eigenvalue weighted by Gasteiger charge is -2.41. The van der Waals surface area contributed by atoms with Crippen LogP contribution in [0.4, 0.5) is 0 Å². The van der Waals surface area contributed by atoms with Crippen LogP contribution in [0.25, 0.3) is 10.9 Å². The molecule has 150 valence electrons. The molecule has 4 heteroatoms. The molecule has 4 nitrogen and oxygen atoms in total. The van der Waals surface area contributed by atoms with Crippen LogP contribution >= 0.6 is 0 Å². The summed E-state index contributed by atoms with van der Waals surface area (Å²) in [4.78, 5) is 19.0. The third-order valence-corrected chi connectivity index (χ3v) is 6.53. The van der Waals surface area contributed by atoms with Gasteiger partial charge in [-0.3, -0.25) is 9.69 Å². The van der Waals surface area contributed by atoms with Crippen molar-refractivity contribution in [3.05, 3.63) is 71.4 Å². The normalized spacial score (nSPS) is 21.9. The summed E-state index contributed by atoms with van der Waals surface area (Å²) in [7, 11) is 0. The molecule has 1 fully saturated rings. The summed E-state index contributed by atoms with van der Waals surface area (Å²) in [5.41, 5.74) is 5.09. The average molecular weight is 389 g/mol. The molecule has 2 aromatic carbocycles. The number of hydrogen-bond acceptors (Lipinski definition) is 3. The Balaban J connectivity index is 1.17. The first kappa shape index (κ1) is 18.6. The number of carbonyl (C=O) groups is 1. The van der Waals surface area contributed by atoms with Crippen molar-refractivity contribution < 1.29 is 9.53 Å². The van der Waals surface area contributed by atoms with Gasteiger partial charge in [-0.2, -0.15) is 0 Å². The van der Waals surface area contributed by atoms with Crippen LogP contribution in [-0.4, -0.2) is 35.4 Å². The minimum atomic E-state index is 0.150. The van der Waals surface area contributed by atoms with Gasteiger partial charge in [0.05, 0.1) is 12.6 Å². The number of rotatable bonds is 6. The van der Waals surface area contributed by atoms with E-state index < -0.39 is 0 Å². The number of ether oxygens (including phenoxy) is 1. The lowest BCUT2D eigenvalue weighted by Crippen LogP contribution is -2.46. The molecule has 3 aromatic rings. The Kier molecular flexibility index (Phi) is 5.21. The number of benzene rings is 2. The zero-order valence-corrected chi connectivity index (χ0v) is 16.8. The fourth-order valence-electron chi connectivity index (χ4n) is 5.01. The average Bonchev–Trinajstić information content (AvgIpc) is 3.14. The van der Waals surface area contributed by atoms with Gasteiger partial charge in [-0.15, -0.1) is 0 Å². The molecule has 2 aliphatic heterocycles. The summed E-state index contributed by atoms with van der Waals surface area (Å²) >= 11 is 0. The number of hydrogen-bond donors (Lipinski definition) is 1. The second-order valence-electron chi connectivity index (χ2n) is 8.37. The molecule has 2 aliphatic rings. The zero-order chi connectivity index (χ0) is 19.6. The molecule has 2 atom stereocenters. The highest BCUT2D eigenvalue weighted by molar-refractivity contribution is 5.87. The van der Waals surface area contributed by atoms with Gasteiger partial charge in [0.2, 0.25) is 0 Å². The van der Waals surface area contributed by atoms with Crippen LogP contribution in [0.2, 0.25) is 0 Å². The van der Waals surface area contributed by atoms with Crippen molar-refractivity contribution in [2.75, 3.05) is 19.7 Å². The first-order chi connectivity index (χ1) is 14.3. The maximum absolute atomic E-state index is 12.9. The van der Waals surface area contributed by atoms with E-state index in [0.29, 0.717) is 25.4 Å². The third-order valence-electron chi connectivity index (χ3n) is 6.53. The van der Waals surface area contributed by atoms with E-state index >= 15 is 0 Å². The molecular formula is C25H28N2O2. The van der Waals surface area contributed by atoms with Crippen LogP contribution < -0.4 is 0 Å². The predicted octanol–water partition coefficient (Wildman–Crippen LogP) is 4.65. The number of H-pyrrole nitrogens is 1. The first-order valence-corrected chi connectivity index (χ1v) is 10.8. The number of Topliss-reactive ketones (excluding diaryl/α,β-unsaturated/α-hetero) is 1. The Bertz CT molecular complexity index is 994. The highest BCUT2D eigenvalue weighted by atomic mass is 16.5. The van der Waals surface area contributed by atoms with Crippen molar-refractivity contribution >= 4 is 16.7 Å². The van der Waals surface area contributed by atoms with Gasteiger partial charge in [-0.1, -0.05) is 48.5 Å². The predicted molar refractivity (Wildman–Crippen MR) is 115 cm³/mol. The number of fused-ring (bicyclic) bond motifs is 5. The van der Waals surface area contributed by atoms with Crippen LogP contribution in [0.3, 0.4) is 0 Å². The van der Waals surface area contributed by atoms with Crippen molar-refractivity contribution in [3.8, 4) is 0 Å². The van der Waals surface area contributed by atoms with E-state index in [4.69, 9.17) is 4.74 Å². The van der Waals surface area contributed by atoms with E-state index in [1.165, 1.54) is 27.7 Å². The monoisotopic (exact) mass is 388 g/mol. The van der Waals surface area contributed by atoms with Crippen molar-refractivity contribution in [2.24, 2.45) is 5.92 Å². The molecule has 0 saturated carbocycles. The maximum Gasteiger partial charge on any atom is 0.139 e. The second kappa shape index (κ2) is 8.13. The van der Waals surface area contributed by atoms with Crippen molar-refractivity contribution in [1.82, 2.24) is 9.88 Å². The Morgan fingerprint density at radius 1 is 1.07 bits per heavy atom. The SMILES string of the molecule is O=C1C[C@H]2c3[nH]c4ccccc4c3CCN2C[C@@H]1CCCOCc1ccccc1. The Morgan fingerprint density at radius 3 is 2.79 bits per heavy atom. The standard InChI is InChI=1S/C25H28N2O2/c28-24-15-23-25-21(20-10-4-5-11-22(20)26-25)12-13-27(23)16-19(24)9-6-14-29-17-18-7-2-1-3-8-18/h1-5,7-8,10-11,19,23,26H,6,9,12-17H2/t19-,23-/m0/s1. The van der Waals surface area contributed by atoms with Crippen LogP contribution in [0.5, 0.6) is 0 Å². The topological polar surface area (TPSA) is 45.3 Å². The number of piperidine rings is 1. The molecule has 0 amide bonds. The molecule has 0 radical (unpaired) electrons. The molecule has 1 aromatic heterocycles. The quantitative estimate of drug-likeness (QED) is 0.625. The number of nitrogens with one attached hydrogen (secondary N) is 1. The lowest BCUT2D eigenvalue weighted by molar-refractivity contribution is -0.129. The molecule has 5 rings (SSSR count). The largest absolute Gasteiger partial charge is 0.377 e. The number of aromatic nitrogens is 1. The molecule has 1 saturated heterocycles. The van der Waals surface area contributed by atoms with E-state index in [2.05, 4.69) is 46.3 Å². The fraction of sp³-hybridized carbons (Fsp3) is 0.400. The van der Waals surface area contributed by atoms with Gasteiger partial charge >= 0.3 is 0 Å². The molecular weight excluding hydrogens is 360 g/mol. The van der Waals surface area contributed by atoms with Gasteiger partial charge in [-0.25, -0.2) is 0 Å². The summed E-state index contributed by atoms with van der Waals surface area (Å²) in [6.45, 7) is 3.30. The minimum Gasteiger partial charge on any atom is -0.377 e. The van der Waals surface area contributed by atoms with E-state index in [1.807, 2.05) is 18.2 Å². The van der Waals surface area contributed by atoms with Gasteiger partial charge in [0, 0.05) is 48.6 Å². The third kappa shape index (κ3) is 3.75. The molecule has 0 unspecified atom stereocenters. The highest BCUT2D eigenvalue weighted by Crippen LogP contribution is 2.40. The van der Waals surface area contributed by atoms with Crippen molar-refractivity contribution in [2.45, 2.75) is 38.3 Å². The van der Waals surface area contributed by atoms with E-state index in [9.17, 15) is 4.79 Å². The number of para-hydroxylation sites is 1. The van der Waals surface area contributed by atoms with E-state index in [1.54, 1.807) is 0 Å². The van der Waals surface area contributed by atoms with Gasteiger partial charge in [-0.05, 0) is 36.5 Å². The smallest absolute Gasteiger partial charge is 0.139 e. The van der Waals surface area contributed by atoms with Crippen LogP contribution in [0.15, 0.2) is 54.6 Å². The maximum atomic E-state index is 12.9. The summed E-state index contributed by atoms with van der Waals surface area (Å²) in [6, 6.07) is 19.0. The Morgan fingerprint density at radius 2 is 1.90 bits per heavy atom. The van der Waals surface area contributed by atoms with Gasteiger partial charge < -0.3 is 9.72 Å².